The summed E-state index contributed by atoms with van der Waals surface area (Å²) >= 11 is 0. The summed E-state index contributed by atoms with van der Waals surface area (Å²) in [5, 5.41) is 3.85. The molecule has 1 aliphatic rings. The molecule has 0 bridgehead atoms. The van der Waals surface area contributed by atoms with Crippen molar-refractivity contribution in [2.45, 2.75) is 19.3 Å². The fourth-order valence-corrected chi connectivity index (χ4v) is 1.73. The molecule has 5 heteroatoms. The fourth-order valence-electron chi connectivity index (χ4n) is 1.73. The van der Waals surface area contributed by atoms with Crippen LogP contribution in [0.25, 0.3) is 11.5 Å². The zero-order valence-corrected chi connectivity index (χ0v) is 9.19. The van der Waals surface area contributed by atoms with Crippen molar-refractivity contribution in [1.82, 2.24) is 10.1 Å². The lowest BCUT2D eigenvalue weighted by molar-refractivity contribution is 0.419. The van der Waals surface area contributed by atoms with Gasteiger partial charge >= 0.3 is 0 Å². The molecule has 0 amide bonds. The summed E-state index contributed by atoms with van der Waals surface area (Å²) < 4.78 is 18.7. The van der Waals surface area contributed by atoms with E-state index < -0.39 is 5.82 Å². The molecule has 88 valence electrons. The minimum atomic E-state index is -0.438. The molecule has 0 atom stereocenters. The standard InChI is InChI=1S/C12H12FN3O/c13-10-6-8(14)3-4-9(10)12-15-11(16-17-12)5-7-1-2-7/h3-4,6-7H,1-2,5,14H2. The van der Waals surface area contributed by atoms with Crippen LogP contribution in [0.4, 0.5) is 10.1 Å². The Kier molecular flexibility index (Phi) is 2.31. The number of nitrogen functional groups attached to an aromatic ring is 1. The number of halogens is 1. The second-order valence-electron chi connectivity index (χ2n) is 4.40. The van der Waals surface area contributed by atoms with Gasteiger partial charge in [-0.05, 0) is 37.0 Å². The number of nitrogens with two attached hydrogens (primary N) is 1. The van der Waals surface area contributed by atoms with E-state index in [-0.39, 0.29) is 5.89 Å². The van der Waals surface area contributed by atoms with Crippen molar-refractivity contribution < 1.29 is 8.91 Å². The van der Waals surface area contributed by atoms with Crippen LogP contribution in [0.5, 0.6) is 0 Å². The summed E-state index contributed by atoms with van der Waals surface area (Å²) in [5.41, 5.74) is 6.16. The third-order valence-corrected chi connectivity index (χ3v) is 2.86. The first kappa shape index (κ1) is 10.3. The van der Waals surface area contributed by atoms with Crippen molar-refractivity contribution in [3.63, 3.8) is 0 Å². The number of benzene rings is 1. The molecule has 2 aromatic rings. The number of hydrogen-bond donors (Lipinski definition) is 1. The van der Waals surface area contributed by atoms with Crippen LogP contribution in [0.3, 0.4) is 0 Å². The molecular weight excluding hydrogens is 221 g/mol. The van der Waals surface area contributed by atoms with E-state index in [1.54, 1.807) is 12.1 Å². The average molecular weight is 233 g/mol. The molecule has 1 heterocycles. The molecule has 1 aromatic heterocycles. The van der Waals surface area contributed by atoms with Gasteiger partial charge in [-0.3, -0.25) is 0 Å². The van der Waals surface area contributed by atoms with Gasteiger partial charge in [0, 0.05) is 12.1 Å². The molecular formula is C12H12FN3O. The zero-order valence-electron chi connectivity index (χ0n) is 9.19. The zero-order chi connectivity index (χ0) is 11.8. The average Bonchev–Trinajstić information content (AvgIpc) is 2.96. The van der Waals surface area contributed by atoms with Crippen molar-refractivity contribution in [3.8, 4) is 11.5 Å². The van der Waals surface area contributed by atoms with Gasteiger partial charge in [0.05, 0.1) is 5.56 Å². The largest absolute Gasteiger partial charge is 0.399 e. The van der Waals surface area contributed by atoms with Gasteiger partial charge in [0.2, 0.25) is 0 Å². The van der Waals surface area contributed by atoms with Crippen LogP contribution in [-0.4, -0.2) is 10.1 Å². The number of rotatable bonds is 3. The van der Waals surface area contributed by atoms with Crippen molar-refractivity contribution >= 4 is 5.69 Å². The highest BCUT2D eigenvalue weighted by Gasteiger charge is 2.24. The molecule has 4 nitrogen and oxygen atoms in total. The smallest absolute Gasteiger partial charge is 0.260 e. The van der Waals surface area contributed by atoms with Crippen LogP contribution >= 0.6 is 0 Å². The number of nitrogens with zero attached hydrogens (tertiary/aromatic N) is 2. The Hall–Kier alpha value is -1.91. The van der Waals surface area contributed by atoms with E-state index in [4.69, 9.17) is 10.3 Å². The van der Waals surface area contributed by atoms with Crippen molar-refractivity contribution in [3.05, 3.63) is 29.8 Å². The van der Waals surface area contributed by atoms with Gasteiger partial charge in [0.25, 0.3) is 5.89 Å². The van der Waals surface area contributed by atoms with Crippen LogP contribution in [0.2, 0.25) is 0 Å². The molecule has 1 aromatic carbocycles. The number of aromatic nitrogens is 2. The third-order valence-electron chi connectivity index (χ3n) is 2.86. The quantitative estimate of drug-likeness (QED) is 0.827. The van der Waals surface area contributed by atoms with Crippen molar-refractivity contribution in [1.29, 1.82) is 0 Å². The first-order valence-corrected chi connectivity index (χ1v) is 5.60. The van der Waals surface area contributed by atoms with E-state index in [1.165, 1.54) is 18.9 Å². The minimum Gasteiger partial charge on any atom is -0.399 e. The fraction of sp³-hybridized carbons (Fsp3) is 0.333. The highest BCUT2D eigenvalue weighted by molar-refractivity contribution is 5.58. The maximum absolute atomic E-state index is 13.6. The minimum absolute atomic E-state index is 0.221. The van der Waals surface area contributed by atoms with Crippen molar-refractivity contribution in [2.24, 2.45) is 5.92 Å². The highest BCUT2D eigenvalue weighted by atomic mass is 19.1. The number of anilines is 1. The van der Waals surface area contributed by atoms with E-state index in [9.17, 15) is 4.39 Å². The maximum atomic E-state index is 13.6. The SMILES string of the molecule is Nc1ccc(-c2nc(CC3CC3)no2)c(F)c1. The number of hydrogen-bond acceptors (Lipinski definition) is 4. The molecule has 3 rings (SSSR count). The molecule has 0 aliphatic heterocycles. The first-order valence-electron chi connectivity index (χ1n) is 5.60. The van der Waals surface area contributed by atoms with E-state index in [2.05, 4.69) is 10.1 Å². The van der Waals surface area contributed by atoms with Gasteiger partial charge in [0.15, 0.2) is 5.82 Å². The van der Waals surface area contributed by atoms with Gasteiger partial charge in [0.1, 0.15) is 5.82 Å². The third kappa shape index (κ3) is 2.13. The van der Waals surface area contributed by atoms with Crippen LogP contribution in [0.1, 0.15) is 18.7 Å². The molecule has 1 saturated carbocycles. The molecule has 17 heavy (non-hydrogen) atoms. The normalized spacial score (nSPS) is 15.1. The van der Waals surface area contributed by atoms with Gasteiger partial charge in [-0.2, -0.15) is 4.98 Å². The van der Waals surface area contributed by atoms with Crippen molar-refractivity contribution in [2.75, 3.05) is 5.73 Å². The lowest BCUT2D eigenvalue weighted by Gasteiger charge is -1.97. The molecule has 1 aliphatic carbocycles. The van der Waals surface area contributed by atoms with Gasteiger partial charge in [-0.15, -0.1) is 0 Å². The summed E-state index contributed by atoms with van der Waals surface area (Å²) in [6, 6.07) is 4.42. The summed E-state index contributed by atoms with van der Waals surface area (Å²) in [5.74, 6) is 1.11. The molecule has 2 N–H and O–H groups in total. The summed E-state index contributed by atoms with van der Waals surface area (Å²) in [6.07, 6.45) is 3.26. The summed E-state index contributed by atoms with van der Waals surface area (Å²) in [7, 11) is 0. The topological polar surface area (TPSA) is 64.9 Å². The predicted molar refractivity (Wildman–Crippen MR) is 60.5 cm³/mol. The monoisotopic (exact) mass is 233 g/mol. The van der Waals surface area contributed by atoms with Crippen LogP contribution in [0.15, 0.2) is 22.7 Å². The maximum Gasteiger partial charge on any atom is 0.260 e. The van der Waals surface area contributed by atoms with E-state index in [0.717, 1.165) is 6.42 Å². The summed E-state index contributed by atoms with van der Waals surface area (Å²) in [4.78, 5) is 4.19. The lowest BCUT2D eigenvalue weighted by Crippen LogP contribution is -1.91. The Morgan fingerprint density at radius 1 is 1.41 bits per heavy atom. The van der Waals surface area contributed by atoms with E-state index in [0.29, 0.717) is 23.0 Å². The molecule has 0 spiro atoms. The highest BCUT2D eigenvalue weighted by Crippen LogP contribution is 2.32. The molecule has 0 saturated heterocycles. The Bertz CT molecular complexity index is 548. The Morgan fingerprint density at radius 3 is 2.94 bits per heavy atom. The molecule has 0 unspecified atom stereocenters. The molecule has 1 fully saturated rings. The van der Waals surface area contributed by atoms with Crippen LogP contribution in [-0.2, 0) is 6.42 Å². The van der Waals surface area contributed by atoms with E-state index >= 15 is 0 Å². The first-order chi connectivity index (χ1) is 8.22. The van der Waals surface area contributed by atoms with Crippen LogP contribution in [0, 0.1) is 11.7 Å². The second-order valence-corrected chi connectivity index (χ2v) is 4.40. The Labute approximate surface area is 97.6 Å². The molecule has 0 radical (unpaired) electrons. The van der Waals surface area contributed by atoms with Gasteiger partial charge in [-0.1, -0.05) is 5.16 Å². The predicted octanol–water partition coefficient (Wildman–Crippen LogP) is 2.41. The van der Waals surface area contributed by atoms with E-state index in [1.807, 2.05) is 0 Å². The Balaban J connectivity index is 1.89. The summed E-state index contributed by atoms with van der Waals surface area (Å²) in [6.45, 7) is 0. The lowest BCUT2D eigenvalue weighted by atomic mass is 10.2. The van der Waals surface area contributed by atoms with Gasteiger partial charge in [-0.25, -0.2) is 4.39 Å². The second kappa shape index (κ2) is 3.84. The van der Waals surface area contributed by atoms with Crippen LogP contribution < -0.4 is 5.73 Å². The Morgan fingerprint density at radius 2 is 2.24 bits per heavy atom. The van der Waals surface area contributed by atoms with Gasteiger partial charge < -0.3 is 10.3 Å².